The van der Waals surface area contributed by atoms with Crippen molar-refractivity contribution < 1.29 is 5.11 Å². The summed E-state index contributed by atoms with van der Waals surface area (Å²) in [6, 6.07) is 31.1. The Bertz CT molecular complexity index is 1290. The standard InChI is InChI=1S/C29H28N3O2S/c1-21-12-17-28(22(2)18-21)35-29(30-26-10-6-7-11-27(26)31-34)32(19-23-8-4-3-5-9-23)20-24-13-15-25(33)16-14-24/h3-18,31,33H,19-20H2,1-2H3/q-1. The van der Waals surface area contributed by atoms with Crippen molar-refractivity contribution in [2.75, 3.05) is 5.48 Å². The van der Waals surface area contributed by atoms with E-state index >= 15 is 0 Å². The third-order valence-electron chi connectivity index (χ3n) is 5.56. The number of nitrogens with one attached hydrogen (secondary N) is 1. The van der Waals surface area contributed by atoms with Crippen molar-refractivity contribution in [1.82, 2.24) is 4.90 Å². The van der Waals surface area contributed by atoms with Crippen LogP contribution in [-0.2, 0) is 13.1 Å². The van der Waals surface area contributed by atoms with Crippen LogP contribution in [0.1, 0.15) is 22.3 Å². The Hall–Kier alpha value is -3.74. The fourth-order valence-corrected chi connectivity index (χ4v) is 4.70. The second-order valence-electron chi connectivity index (χ2n) is 8.39. The van der Waals surface area contributed by atoms with Gasteiger partial charge in [0.05, 0.1) is 5.69 Å². The molecule has 4 aromatic rings. The Labute approximate surface area is 210 Å². The molecule has 0 aromatic heterocycles. The van der Waals surface area contributed by atoms with E-state index in [1.165, 1.54) is 11.1 Å². The maximum Gasteiger partial charge on any atom is 0.169 e. The highest BCUT2D eigenvalue weighted by Crippen LogP contribution is 2.32. The molecule has 0 unspecified atom stereocenters. The van der Waals surface area contributed by atoms with Crippen molar-refractivity contribution in [3.63, 3.8) is 0 Å². The minimum absolute atomic E-state index is 0.234. The first-order chi connectivity index (χ1) is 17.0. The minimum Gasteiger partial charge on any atom is -0.761 e. The molecule has 35 heavy (non-hydrogen) atoms. The van der Waals surface area contributed by atoms with Gasteiger partial charge in [0, 0.05) is 23.7 Å². The van der Waals surface area contributed by atoms with Gasteiger partial charge in [-0.3, -0.25) is 0 Å². The molecular weight excluding hydrogens is 454 g/mol. The van der Waals surface area contributed by atoms with E-state index in [-0.39, 0.29) is 5.75 Å². The number of hydrogen-bond acceptors (Lipinski definition) is 5. The average Bonchev–Trinajstić information content (AvgIpc) is 2.87. The molecule has 0 saturated carbocycles. The third-order valence-corrected chi connectivity index (χ3v) is 6.77. The molecule has 178 valence electrons. The van der Waals surface area contributed by atoms with E-state index in [4.69, 9.17) is 4.99 Å². The number of aryl methyl sites for hydroxylation is 2. The van der Waals surface area contributed by atoms with Crippen LogP contribution in [0.3, 0.4) is 0 Å². The molecule has 4 rings (SSSR count). The molecule has 0 bridgehead atoms. The maximum atomic E-state index is 11.6. The Morgan fingerprint density at radius 2 is 1.51 bits per heavy atom. The minimum atomic E-state index is 0.234. The van der Waals surface area contributed by atoms with Crippen molar-refractivity contribution >= 4 is 28.3 Å². The lowest BCUT2D eigenvalue weighted by atomic mass is 10.1. The number of phenolic OH excluding ortho intramolecular Hbond substituents is 1. The molecule has 2 N–H and O–H groups in total. The van der Waals surface area contributed by atoms with Gasteiger partial charge in [-0.1, -0.05) is 84.1 Å². The number of benzene rings is 4. The molecule has 0 heterocycles. The zero-order chi connectivity index (χ0) is 24.6. The van der Waals surface area contributed by atoms with Gasteiger partial charge in [0.1, 0.15) is 5.75 Å². The Kier molecular flexibility index (Phi) is 8.08. The van der Waals surface area contributed by atoms with E-state index in [1.807, 2.05) is 54.0 Å². The topological polar surface area (TPSA) is 70.9 Å². The molecule has 0 atom stereocenters. The number of nitrogens with zero attached hydrogens (tertiary/aromatic N) is 2. The fraction of sp³-hybridized carbons (Fsp3) is 0.138. The summed E-state index contributed by atoms with van der Waals surface area (Å²) in [5, 5.41) is 22.1. The number of para-hydroxylation sites is 2. The second-order valence-corrected chi connectivity index (χ2v) is 9.40. The van der Waals surface area contributed by atoms with Crippen molar-refractivity contribution in [2.45, 2.75) is 31.8 Å². The molecule has 4 aromatic carbocycles. The summed E-state index contributed by atoms with van der Waals surface area (Å²) in [6.45, 7) is 5.39. The predicted octanol–water partition coefficient (Wildman–Crippen LogP) is 7.40. The first-order valence-electron chi connectivity index (χ1n) is 11.4. The van der Waals surface area contributed by atoms with Crippen molar-refractivity contribution in [3.05, 3.63) is 125 Å². The van der Waals surface area contributed by atoms with Crippen molar-refractivity contribution in [1.29, 1.82) is 0 Å². The quantitative estimate of drug-likeness (QED) is 0.124. The maximum absolute atomic E-state index is 11.6. The van der Waals surface area contributed by atoms with Crippen LogP contribution in [0.2, 0.25) is 0 Å². The summed E-state index contributed by atoms with van der Waals surface area (Å²) in [4.78, 5) is 8.30. The Balaban J connectivity index is 1.79. The van der Waals surface area contributed by atoms with Crippen LogP contribution < -0.4 is 5.48 Å². The van der Waals surface area contributed by atoms with Gasteiger partial charge in [-0.15, -0.1) is 0 Å². The van der Waals surface area contributed by atoms with Gasteiger partial charge < -0.3 is 20.7 Å². The molecular formula is C29H28N3O2S-. The number of phenols is 1. The van der Waals surface area contributed by atoms with Crippen LogP contribution in [0.4, 0.5) is 11.4 Å². The van der Waals surface area contributed by atoms with Crippen molar-refractivity contribution in [3.8, 4) is 5.75 Å². The highest BCUT2D eigenvalue weighted by molar-refractivity contribution is 8.13. The van der Waals surface area contributed by atoms with Crippen LogP contribution in [0.25, 0.3) is 0 Å². The molecule has 0 aliphatic heterocycles. The summed E-state index contributed by atoms with van der Waals surface area (Å²) in [7, 11) is 0. The van der Waals surface area contributed by atoms with E-state index in [0.29, 0.717) is 24.5 Å². The lowest BCUT2D eigenvalue weighted by molar-refractivity contribution is 0.414. The van der Waals surface area contributed by atoms with Crippen LogP contribution in [-0.4, -0.2) is 15.2 Å². The first-order valence-corrected chi connectivity index (χ1v) is 12.2. The lowest BCUT2D eigenvalue weighted by Crippen LogP contribution is -2.28. The molecule has 0 radical (unpaired) electrons. The van der Waals surface area contributed by atoms with Gasteiger partial charge in [-0.2, -0.15) is 0 Å². The molecule has 0 spiro atoms. The largest absolute Gasteiger partial charge is 0.761 e. The van der Waals surface area contributed by atoms with Crippen molar-refractivity contribution in [2.24, 2.45) is 4.99 Å². The number of rotatable bonds is 7. The average molecular weight is 483 g/mol. The number of anilines is 1. The zero-order valence-electron chi connectivity index (χ0n) is 19.8. The number of thioether (sulfide) groups is 1. The Morgan fingerprint density at radius 3 is 2.20 bits per heavy atom. The lowest BCUT2D eigenvalue weighted by Gasteiger charge is -2.27. The Morgan fingerprint density at radius 1 is 0.857 bits per heavy atom. The molecule has 0 aliphatic carbocycles. The molecule has 0 aliphatic rings. The predicted molar refractivity (Wildman–Crippen MR) is 146 cm³/mol. The molecule has 0 amide bonds. The highest BCUT2D eigenvalue weighted by Gasteiger charge is 2.17. The van der Waals surface area contributed by atoms with E-state index in [9.17, 15) is 10.3 Å². The summed E-state index contributed by atoms with van der Waals surface area (Å²) in [5.74, 6) is 0.234. The van der Waals surface area contributed by atoms with Gasteiger partial charge in [0.15, 0.2) is 5.17 Å². The van der Waals surface area contributed by atoms with Gasteiger partial charge >= 0.3 is 0 Å². The molecule has 0 saturated heterocycles. The van der Waals surface area contributed by atoms with Gasteiger partial charge in [0.2, 0.25) is 0 Å². The molecule has 6 heteroatoms. The van der Waals surface area contributed by atoms with Crippen LogP contribution in [0.15, 0.2) is 107 Å². The summed E-state index contributed by atoms with van der Waals surface area (Å²) >= 11 is 1.58. The van der Waals surface area contributed by atoms with Gasteiger partial charge in [-0.05, 0) is 60.9 Å². The number of amidine groups is 1. The first kappa shape index (κ1) is 24.4. The SMILES string of the molecule is Cc1ccc(SC(=Nc2ccccc2N[O-])N(Cc2ccccc2)Cc2ccc(O)cc2)c(C)c1. The molecule has 0 fully saturated rings. The smallest absolute Gasteiger partial charge is 0.169 e. The number of hydrogen-bond donors (Lipinski definition) is 2. The highest BCUT2D eigenvalue weighted by atomic mass is 32.2. The van der Waals surface area contributed by atoms with Crippen LogP contribution in [0, 0.1) is 19.1 Å². The van der Waals surface area contributed by atoms with Gasteiger partial charge in [-0.25, -0.2) is 4.99 Å². The summed E-state index contributed by atoms with van der Waals surface area (Å²) in [5.41, 5.74) is 7.59. The third kappa shape index (κ3) is 6.66. The monoisotopic (exact) mass is 482 g/mol. The van der Waals surface area contributed by atoms with E-state index in [0.717, 1.165) is 21.2 Å². The number of aliphatic imine (C=N–C) groups is 1. The van der Waals surface area contributed by atoms with Crippen LogP contribution >= 0.6 is 11.8 Å². The fourth-order valence-electron chi connectivity index (χ4n) is 3.75. The normalized spacial score (nSPS) is 11.3. The zero-order valence-corrected chi connectivity index (χ0v) is 20.6. The van der Waals surface area contributed by atoms with E-state index < -0.39 is 0 Å². The second kappa shape index (κ2) is 11.6. The van der Waals surface area contributed by atoms with E-state index in [1.54, 1.807) is 30.0 Å². The van der Waals surface area contributed by atoms with Gasteiger partial charge in [0.25, 0.3) is 0 Å². The molecule has 5 nitrogen and oxygen atoms in total. The van der Waals surface area contributed by atoms with Crippen LogP contribution in [0.5, 0.6) is 5.75 Å². The summed E-state index contributed by atoms with van der Waals surface area (Å²) in [6.07, 6.45) is 0. The summed E-state index contributed by atoms with van der Waals surface area (Å²) < 4.78 is 0. The number of aromatic hydroxyl groups is 1. The van der Waals surface area contributed by atoms with E-state index in [2.05, 4.69) is 49.1 Å².